The Labute approximate surface area is 109 Å². The Morgan fingerprint density at radius 3 is 2.39 bits per heavy atom. The van der Waals surface area contributed by atoms with Gasteiger partial charge in [-0.25, -0.2) is 0 Å². The van der Waals surface area contributed by atoms with E-state index in [4.69, 9.17) is 0 Å². The zero-order valence-corrected chi connectivity index (χ0v) is 11.8. The Morgan fingerprint density at radius 1 is 1.28 bits per heavy atom. The van der Waals surface area contributed by atoms with Crippen LogP contribution in [0.2, 0.25) is 0 Å². The first-order valence-electron chi connectivity index (χ1n) is 6.70. The zero-order chi connectivity index (χ0) is 13.3. The zero-order valence-electron chi connectivity index (χ0n) is 11.8. The molecule has 0 radical (unpaired) electrons. The molecule has 1 saturated heterocycles. The van der Waals surface area contributed by atoms with Crippen molar-refractivity contribution in [2.75, 3.05) is 26.2 Å². The number of aryl methyl sites for hydroxylation is 1. The molecule has 0 aromatic carbocycles. The highest BCUT2D eigenvalue weighted by Gasteiger charge is 2.22. The Morgan fingerprint density at radius 2 is 1.89 bits per heavy atom. The Balaban J connectivity index is 2.28. The number of amides is 1. The van der Waals surface area contributed by atoms with Crippen molar-refractivity contribution in [3.05, 3.63) is 23.0 Å². The van der Waals surface area contributed by atoms with Crippen molar-refractivity contribution in [1.82, 2.24) is 14.8 Å². The van der Waals surface area contributed by atoms with Crippen LogP contribution in [0.5, 0.6) is 0 Å². The van der Waals surface area contributed by atoms with Gasteiger partial charge in [-0.3, -0.25) is 4.79 Å². The second-order valence-corrected chi connectivity index (χ2v) is 5.29. The average Bonchev–Trinajstić information content (AvgIpc) is 2.65. The second-order valence-electron chi connectivity index (χ2n) is 5.29. The van der Waals surface area contributed by atoms with Crippen molar-refractivity contribution in [1.29, 1.82) is 0 Å². The summed E-state index contributed by atoms with van der Waals surface area (Å²) in [6.45, 7) is 11.8. The van der Waals surface area contributed by atoms with Crippen molar-refractivity contribution < 1.29 is 4.79 Å². The molecule has 1 aromatic heterocycles. The summed E-state index contributed by atoms with van der Waals surface area (Å²) < 4.78 is 2.23. The number of nitrogens with zero attached hydrogens (tertiary/aromatic N) is 2. The van der Waals surface area contributed by atoms with Crippen LogP contribution >= 0.6 is 0 Å². The van der Waals surface area contributed by atoms with Gasteiger partial charge in [-0.05, 0) is 33.8 Å². The molecule has 100 valence electrons. The molecule has 1 aromatic rings. The lowest BCUT2D eigenvalue weighted by Crippen LogP contribution is -2.46. The van der Waals surface area contributed by atoms with Crippen molar-refractivity contribution >= 4 is 5.91 Å². The minimum Gasteiger partial charge on any atom is -0.346 e. The summed E-state index contributed by atoms with van der Waals surface area (Å²) in [5.74, 6) is 0.177. The van der Waals surface area contributed by atoms with E-state index in [1.54, 1.807) is 0 Å². The molecule has 2 rings (SSSR count). The van der Waals surface area contributed by atoms with Gasteiger partial charge in [0.1, 0.15) is 0 Å². The first-order valence-corrected chi connectivity index (χ1v) is 6.70. The van der Waals surface area contributed by atoms with Crippen LogP contribution in [0.15, 0.2) is 6.07 Å². The smallest absolute Gasteiger partial charge is 0.255 e. The van der Waals surface area contributed by atoms with Crippen molar-refractivity contribution in [2.45, 2.75) is 33.7 Å². The monoisotopic (exact) mass is 249 g/mol. The number of aromatic nitrogens is 1. The molecular formula is C14H23N3O. The number of hydrogen-bond acceptors (Lipinski definition) is 2. The Kier molecular flexibility index (Phi) is 3.76. The van der Waals surface area contributed by atoms with E-state index in [2.05, 4.69) is 30.7 Å². The lowest BCUT2D eigenvalue weighted by molar-refractivity contribution is 0.0735. The van der Waals surface area contributed by atoms with Gasteiger partial charge in [-0.15, -0.1) is 0 Å². The third-order valence-electron chi connectivity index (χ3n) is 3.64. The van der Waals surface area contributed by atoms with Gasteiger partial charge in [-0.1, -0.05) is 0 Å². The van der Waals surface area contributed by atoms with E-state index >= 15 is 0 Å². The van der Waals surface area contributed by atoms with Crippen LogP contribution in [-0.4, -0.2) is 41.6 Å². The van der Waals surface area contributed by atoms with Gasteiger partial charge >= 0.3 is 0 Å². The molecule has 0 spiro atoms. The van der Waals surface area contributed by atoms with E-state index in [9.17, 15) is 4.79 Å². The molecule has 1 aliphatic rings. The lowest BCUT2D eigenvalue weighted by Gasteiger charge is -2.27. The van der Waals surface area contributed by atoms with Crippen LogP contribution in [0.4, 0.5) is 0 Å². The number of carbonyl (C=O) groups is 1. The molecule has 18 heavy (non-hydrogen) atoms. The molecular weight excluding hydrogens is 226 g/mol. The third kappa shape index (κ3) is 2.29. The molecule has 0 saturated carbocycles. The summed E-state index contributed by atoms with van der Waals surface area (Å²) in [6.07, 6.45) is 0. The maximum atomic E-state index is 12.5. The van der Waals surface area contributed by atoms with E-state index in [-0.39, 0.29) is 5.91 Å². The Hall–Kier alpha value is -1.29. The SMILES string of the molecule is Cc1cc(C(=O)N2CCNCC2)c(C)n1C(C)C. The maximum Gasteiger partial charge on any atom is 0.255 e. The molecule has 2 heterocycles. The number of carbonyl (C=O) groups excluding carboxylic acids is 1. The first-order chi connectivity index (χ1) is 8.52. The van der Waals surface area contributed by atoms with Gasteiger partial charge in [0.15, 0.2) is 0 Å². The van der Waals surface area contributed by atoms with Gasteiger partial charge in [0, 0.05) is 43.6 Å². The van der Waals surface area contributed by atoms with Crippen LogP contribution in [0, 0.1) is 13.8 Å². The van der Waals surface area contributed by atoms with Crippen LogP contribution in [-0.2, 0) is 0 Å². The summed E-state index contributed by atoms with van der Waals surface area (Å²) in [5, 5.41) is 3.27. The number of rotatable bonds is 2. The van der Waals surface area contributed by atoms with E-state index in [0.29, 0.717) is 6.04 Å². The van der Waals surface area contributed by atoms with E-state index in [1.165, 1.54) is 5.69 Å². The van der Waals surface area contributed by atoms with Gasteiger partial charge in [0.2, 0.25) is 0 Å². The predicted molar refractivity (Wildman–Crippen MR) is 73.1 cm³/mol. The highest BCUT2D eigenvalue weighted by atomic mass is 16.2. The largest absolute Gasteiger partial charge is 0.346 e. The lowest BCUT2D eigenvalue weighted by atomic mass is 10.2. The van der Waals surface area contributed by atoms with Gasteiger partial charge in [0.05, 0.1) is 5.56 Å². The maximum absolute atomic E-state index is 12.5. The quantitative estimate of drug-likeness (QED) is 0.866. The first kappa shape index (κ1) is 13.1. The van der Waals surface area contributed by atoms with E-state index in [0.717, 1.165) is 37.4 Å². The molecule has 0 bridgehead atoms. The fraction of sp³-hybridized carbons (Fsp3) is 0.643. The van der Waals surface area contributed by atoms with Crippen molar-refractivity contribution in [3.8, 4) is 0 Å². The molecule has 4 nitrogen and oxygen atoms in total. The van der Waals surface area contributed by atoms with Gasteiger partial charge in [0.25, 0.3) is 5.91 Å². The van der Waals surface area contributed by atoms with Crippen LogP contribution < -0.4 is 5.32 Å². The highest BCUT2D eigenvalue weighted by molar-refractivity contribution is 5.95. The van der Waals surface area contributed by atoms with Crippen LogP contribution in [0.1, 0.15) is 41.6 Å². The normalized spacial score (nSPS) is 16.4. The fourth-order valence-corrected chi connectivity index (χ4v) is 2.83. The minimum absolute atomic E-state index is 0.177. The standard InChI is InChI=1S/C14H23N3O/c1-10(2)17-11(3)9-13(12(17)4)14(18)16-7-5-15-6-8-16/h9-10,15H,5-8H2,1-4H3. The van der Waals surface area contributed by atoms with Gasteiger partial charge in [-0.2, -0.15) is 0 Å². The highest BCUT2D eigenvalue weighted by Crippen LogP contribution is 2.21. The predicted octanol–water partition coefficient (Wildman–Crippen LogP) is 1.73. The van der Waals surface area contributed by atoms with Crippen molar-refractivity contribution in [2.24, 2.45) is 0 Å². The van der Waals surface area contributed by atoms with E-state index < -0.39 is 0 Å². The van der Waals surface area contributed by atoms with Gasteiger partial charge < -0.3 is 14.8 Å². The average molecular weight is 249 g/mol. The number of nitrogens with one attached hydrogen (secondary N) is 1. The molecule has 0 aliphatic carbocycles. The third-order valence-corrected chi connectivity index (χ3v) is 3.64. The van der Waals surface area contributed by atoms with Crippen molar-refractivity contribution in [3.63, 3.8) is 0 Å². The summed E-state index contributed by atoms with van der Waals surface area (Å²) in [7, 11) is 0. The molecule has 1 amide bonds. The van der Waals surface area contributed by atoms with Crippen LogP contribution in [0.3, 0.4) is 0 Å². The summed E-state index contributed by atoms with van der Waals surface area (Å²) >= 11 is 0. The summed E-state index contributed by atoms with van der Waals surface area (Å²) in [5.41, 5.74) is 3.12. The Bertz CT molecular complexity index is 442. The summed E-state index contributed by atoms with van der Waals surface area (Å²) in [4.78, 5) is 14.4. The number of piperazine rings is 1. The molecule has 1 fully saturated rings. The molecule has 1 N–H and O–H groups in total. The second kappa shape index (κ2) is 5.14. The topological polar surface area (TPSA) is 37.3 Å². The molecule has 1 aliphatic heterocycles. The minimum atomic E-state index is 0.177. The summed E-state index contributed by atoms with van der Waals surface area (Å²) in [6, 6.07) is 2.43. The molecule has 4 heteroatoms. The molecule has 0 unspecified atom stereocenters. The number of hydrogen-bond donors (Lipinski definition) is 1. The van der Waals surface area contributed by atoms with E-state index in [1.807, 2.05) is 17.9 Å². The fourth-order valence-electron chi connectivity index (χ4n) is 2.83. The van der Waals surface area contributed by atoms with Crippen LogP contribution in [0.25, 0.3) is 0 Å². The molecule has 0 atom stereocenters.